The number of hydrogen-bond donors (Lipinski definition) is 4. The smallest absolute Gasteiger partial charge is 0.164 e. The minimum absolute atomic E-state index is 0.0900. The predicted molar refractivity (Wildman–Crippen MR) is 94.2 cm³/mol. The molecule has 0 amide bonds. The molecule has 2 aromatic heterocycles. The van der Waals surface area contributed by atoms with Gasteiger partial charge >= 0.3 is 0 Å². The Labute approximate surface area is 157 Å². The fourth-order valence-electron chi connectivity index (χ4n) is 3.26. The van der Waals surface area contributed by atoms with E-state index in [0.717, 1.165) is 6.07 Å². The van der Waals surface area contributed by atoms with Crippen LogP contribution in [0.3, 0.4) is 0 Å². The van der Waals surface area contributed by atoms with Crippen LogP contribution in [0.25, 0.3) is 11.0 Å². The Balaban J connectivity index is 1.66. The van der Waals surface area contributed by atoms with Gasteiger partial charge in [0.25, 0.3) is 0 Å². The first kappa shape index (κ1) is 18.1. The molecule has 0 spiro atoms. The van der Waals surface area contributed by atoms with E-state index in [2.05, 4.69) is 9.97 Å². The maximum absolute atomic E-state index is 13.7. The SMILES string of the molecule is Nc1ncnc2c1ccn2[C@H]1O[C@@H]([C@H](O)c2ccc(Cl)c(F)c2)[C@H](O)[C@@H]1O. The molecule has 1 aliphatic rings. The summed E-state index contributed by atoms with van der Waals surface area (Å²) in [5.41, 5.74) is 6.38. The number of hydrogen-bond acceptors (Lipinski definition) is 7. The Bertz CT molecular complexity index is 1000. The van der Waals surface area contributed by atoms with Gasteiger partial charge in [0.15, 0.2) is 6.23 Å². The summed E-state index contributed by atoms with van der Waals surface area (Å²) >= 11 is 5.65. The Hall–Kier alpha value is -2.30. The van der Waals surface area contributed by atoms with Crippen LogP contribution in [-0.4, -0.2) is 48.2 Å². The maximum Gasteiger partial charge on any atom is 0.164 e. The largest absolute Gasteiger partial charge is 0.387 e. The number of benzene rings is 1. The topological polar surface area (TPSA) is 127 Å². The number of fused-ring (bicyclic) bond motifs is 1. The van der Waals surface area contributed by atoms with Crippen LogP contribution in [0.15, 0.2) is 36.8 Å². The number of aromatic nitrogens is 3. The summed E-state index contributed by atoms with van der Waals surface area (Å²) in [6, 6.07) is 5.43. The Kier molecular flexibility index (Phi) is 4.49. The molecule has 3 heterocycles. The van der Waals surface area contributed by atoms with Crippen LogP contribution in [-0.2, 0) is 4.74 Å². The minimum Gasteiger partial charge on any atom is -0.387 e. The molecule has 0 radical (unpaired) electrons. The molecule has 10 heteroatoms. The number of halogens is 2. The van der Waals surface area contributed by atoms with Crippen molar-refractivity contribution in [1.29, 1.82) is 0 Å². The number of nitrogens with two attached hydrogens (primary N) is 1. The number of nitrogens with zero attached hydrogens (tertiary/aromatic N) is 3. The zero-order valence-electron chi connectivity index (χ0n) is 13.8. The fourth-order valence-corrected chi connectivity index (χ4v) is 3.38. The standard InChI is InChI=1S/C17H16ClFN4O4/c18-9-2-1-7(5-10(9)19)11(24)14-12(25)13(26)17(27-14)23-4-3-8-15(20)21-6-22-16(8)23/h1-6,11-14,17,24-26H,(H2,20,21,22)/t11-,12-,13+,14+,17+/m1/s1. The van der Waals surface area contributed by atoms with Gasteiger partial charge in [0.1, 0.15) is 48.0 Å². The molecule has 0 unspecified atom stereocenters. The van der Waals surface area contributed by atoms with Gasteiger partial charge in [0.05, 0.1) is 10.4 Å². The zero-order valence-corrected chi connectivity index (χ0v) is 14.5. The van der Waals surface area contributed by atoms with Gasteiger partial charge in [-0.25, -0.2) is 14.4 Å². The highest BCUT2D eigenvalue weighted by atomic mass is 35.5. The van der Waals surface area contributed by atoms with Crippen LogP contribution in [0, 0.1) is 5.82 Å². The molecule has 1 saturated heterocycles. The molecule has 0 saturated carbocycles. The second kappa shape index (κ2) is 6.70. The van der Waals surface area contributed by atoms with Gasteiger partial charge in [-0.1, -0.05) is 17.7 Å². The van der Waals surface area contributed by atoms with Crippen LogP contribution >= 0.6 is 11.6 Å². The molecule has 8 nitrogen and oxygen atoms in total. The first-order chi connectivity index (χ1) is 12.9. The Morgan fingerprint density at radius 3 is 2.74 bits per heavy atom. The van der Waals surface area contributed by atoms with Crippen LogP contribution in [0.2, 0.25) is 5.02 Å². The molecular formula is C17H16ClFN4O4. The van der Waals surface area contributed by atoms with Gasteiger partial charge in [-0.3, -0.25) is 0 Å². The van der Waals surface area contributed by atoms with Crippen molar-refractivity contribution >= 4 is 28.5 Å². The molecule has 142 valence electrons. The molecular weight excluding hydrogens is 379 g/mol. The number of rotatable bonds is 3. The normalized spacial score (nSPS) is 26.6. The molecule has 5 N–H and O–H groups in total. The summed E-state index contributed by atoms with van der Waals surface area (Å²) in [5.74, 6) is -0.443. The van der Waals surface area contributed by atoms with Gasteiger partial charge in [-0.2, -0.15) is 0 Å². The highest BCUT2D eigenvalue weighted by molar-refractivity contribution is 6.30. The minimum atomic E-state index is -1.42. The number of nitrogen functional groups attached to an aromatic ring is 1. The summed E-state index contributed by atoms with van der Waals surface area (Å²) in [7, 11) is 0. The second-order valence-corrected chi connectivity index (χ2v) is 6.72. The highest BCUT2D eigenvalue weighted by Crippen LogP contribution is 2.38. The number of aliphatic hydroxyl groups excluding tert-OH is 3. The third-order valence-electron chi connectivity index (χ3n) is 4.69. The van der Waals surface area contributed by atoms with E-state index in [-0.39, 0.29) is 16.4 Å². The average molecular weight is 395 g/mol. The van der Waals surface area contributed by atoms with Crippen molar-refractivity contribution in [3.63, 3.8) is 0 Å². The highest BCUT2D eigenvalue weighted by Gasteiger charge is 2.47. The van der Waals surface area contributed by atoms with Crippen LogP contribution in [0.1, 0.15) is 17.9 Å². The lowest BCUT2D eigenvalue weighted by atomic mass is 9.99. The molecule has 0 bridgehead atoms. The van der Waals surface area contributed by atoms with Gasteiger partial charge in [-0.15, -0.1) is 0 Å². The number of aliphatic hydroxyl groups is 3. The van der Waals surface area contributed by atoms with Crippen molar-refractivity contribution in [2.75, 3.05) is 5.73 Å². The Morgan fingerprint density at radius 1 is 1.22 bits per heavy atom. The van der Waals surface area contributed by atoms with Crippen molar-refractivity contribution < 1.29 is 24.4 Å². The second-order valence-electron chi connectivity index (χ2n) is 6.31. The number of anilines is 1. The zero-order chi connectivity index (χ0) is 19.3. The van der Waals surface area contributed by atoms with E-state index >= 15 is 0 Å². The molecule has 27 heavy (non-hydrogen) atoms. The molecule has 3 aromatic rings. The van der Waals surface area contributed by atoms with E-state index in [1.165, 1.54) is 23.0 Å². The molecule has 0 aliphatic carbocycles. The maximum atomic E-state index is 13.7. The summed E-state index contributed by atoms with van der Waals surface area (Å²) in [5, 5.41) is 31.8. The van der Waals surface area contributed by atoms with E-state index in [1.807, 2.05) is 0 Å². The predicted octanol–water partition coefficient (Wildman–Crippen LogP) is 1.16. The summed E-state index contributed by atoms with van der Waals surface area (Å²) in [6.07, 6.45) is -3.50. The summed E-state index contributed by atoms with van der Waals surface area (Å²) in [6.45, 7) is 0. The van der Waals surface area contributed by atoms with Crippen molar-refractivity contribution in [3.8, 4) is 0 Å². The van der Waals surface area contributed by atoms with E-state index in [9.17, 15) is 19.7 Å². The third kappa shape index (κ3) is 2.93. The molecule has 1 fully saturated rings. The van der Waals surface area contributed by atoms with E-state index in [4.69, 9.17) is 22.1 Å². The lowest BCUT2D eigenvalue weighted by Crippen LogP contribution is -2.34. The molecule has 1 aliphatic heterocycles. The quantitative estimate of drug-likeness (QED) is 0.525. The monoisotopic (exact) mass is 394 g/mol. The summed E-state index contributed by atoms with van der Waals surface area (Å²) < 4.78 is 20.9. The van der Waals surface area contributed by atoms with E-state index in [1.54, 1.807) is 12.3 Å². The molecule has 1 aromatic carbocycles. The van der Waals surface area contributed by atoms with Gasteiger partial charge < -0.3 is 30.4 Å². The molecule has 4 rings (SSSR count). The van der Waals surface area contributed by atoms with Gasteiger partial charge in [0, 0.05) is 6.20 Å². The lowest BCUT2D eigenvalue weighted by Gasteiger charge is -2.21. The first-order valence-corrected chi connectivity index (χ1v) is 8.48. The van der Waals surface area contributed by atoms with Crippen LogP contribution in [0.4, 0.5) is 10.2 Å². The number of ether oxygens (including phenoxy) is 1. The third-order valence-corrected chi connectivity index (χ3v) is 4.99. The first-order valence-electron chi connectivity index (χ1n) is 8.10. The van der Waals surface area contributed by atoms with E-state index < -0.39 is 36.5 Å². The van der Waals surface area contributed by atoms with E-state index in [0.29, 0.717) is 11.0 Å². The van der Waals surface area contributed by atoms with Crippen LogP contribution in [0.5, 0.6) is 0 Å². The van der Waals surface area contributed by atoms with Crippen molar-refractivity contribution in [2.45, 2.75) is 30.6 Å². The van der Waals surface area contributed by atoms with Crippen LogP contribution < -0.4 is 5.73 Å². The van der Waals surface area contributed by atoms with Gasteiger partial charge in [0.2, 0.25) is 0 Å². The average Bonchev–Trinajstić information content (AvgIpc) is 3.20. The molecule has 5 atom stereocenters. The lowest BCUT2D eigenvalue weighted by molar-refractivity contribution is -0.0848. The van der Waals surface area contributed by atoms with Gasteiger partial charge in [-0.05, 0) is 23.8 Å². The van der Waals surface area contributed by atoms with Crippen molar-refractivity contribution in [2.24, 2.45) is 0 Å². The van der Waals surface area contributed by atoms with Crippen molar-refractivity contribution in [3.05, 3.63) is 53.2 Å². The fraction of sp³-hybridized carbons (Fsp3) is 0.294. The van der Waals surface area contributed by atoms with Crippen molar-refractivity contribution in [1.82, 2.24) is 14.5 Å². The summed E-state index contributed by atoms with van der Waals surface area (Å²) in [4.78, 5) is 8.02. The Morgan fingerprint density at radius 2 is 2.00 bits per heavy atom.